The first-order valence-electron chi connectivity index (χ1n) is 3.65. The maximum Gasteiger partial charge on any atom is 0.417 e. The van der Waals surface area contributed by atoms with E-state index in [1.165, 1.54) is 25.7 Å². The lowest BCUT2D eigenvalue weighted by Crippen LogP contribution is -2.17. The molecule has 0 radical (unpaired) electrons. The zero-order valence-electron chi connectivity index (χ0n) is 8.14. The van der Waals surface area contributed by atoms with Crippen molar-refractivity contribution in [3.8, 4) is 0 Å². The highest BCUT2D eigenvalue weighted by Crippen LogP contribution is 2.25. The molecule has 0 heterocycles. The van der Waals surface area contributed by atoms with Gasteiger partial charge in [0, 0.05) is 7.05 Å². The van der Waals surface area contributed by atoms with Gasteiger partial charge in [-0.05, 0) is 13.2 Å². The van der Waals surface area contributed by atoms with Gasteiger partial charge in [0.15, 0.2) is 5.17 Å². The summed E-state index contributed by atoms with van der Waals surface area (Å²) >= 11 is 1.18. The maximum atomic E-state index is 12.1. The van der Waals surface area contributed by atoms with Crippen LogP contribution in [0.1, 0.15) is 6.92 Å². The number of hydrogen-bond donors (Lipinski definition) is 0. The van der Waals surface area contributed by atoms with Crippen LogP contribution in [0.15, 0.2) is 22.1 Å². The molecule has 0 atom stereocenters. The van der Waals surface area contributed by atoms with E-state index in [0.717, 1.165) is 0 Å². The predicted octanol–water partition coefficient (Wildman–Crippen LogP) is 2.91. The Hall–Kier alpha value is -0.780. The minimum atomic E-state index is -4.43. The minimum absolute atomic E-state index is 0.160. The first-order chi connectivity index (χ1) is 6.32. The lowest BCUT2D eigenvalue weighted by atomic mass is 10.2. The summed E-state index contributed by atoms with van der Waals surface area (Å²) < 4.78 is 36.4. The summed E-state index contributed by atoms with van der Waals surface area (Å²) in [5, 5.41) is 0.299. The van der Waals surface area contributed by atoms with Crippen molar-refractivity contribution >= 4 is 22.6 Å². The Labute approximate surface area is 85.0 Å². The average molecular weight is 224 g/mol. The summed E-state index contributed by atoms with van der Waals surface area (Å²) in [4.78, 5) is 7.38. The van der Waals surface area contributed by atoms with E-state index in [1.807, 2.05) is 0 Å². The highest BCUT2D eigenvalue weighted by Gasteiger charge is 2.33. The van der Waals surface area contributed by atoms with Crippen LogP contribution in [0.4, 0.5) is 13.2 Å². The van der Waals surface area contributed by atoms with Crippen LogP contribution >= 0.6 is 11.8 Å². The van der Waals surface area contributed by atoms with E-state index in [-0.39, 0.29) is 5.71 Å². The zero-order chi connectivity index (χ0) is 11.4. The quantitative estimate of drug-likeness (QED) is 0.496. The molecule has 0 aromatic heterocycles. The van der Waals surface area contributed by atoms with Gasteiger partial charge >= 0.3 is 6.18 Å². The fraction of sp³-hybridized carbons (Fsp3) is 0.500. The van der Waals surface area contributed by atoms with Crippen LogP contribution in [0, 0.1) is 0 Å². The maximum absolute atomic E-state index is 12.1. The summed E-state index contributed by atoms with van der Waals surface area (Å²) in [5.41, 5.74) is -1.10. The SMILES string of the molecule is C=C(C(C)=NC(=NC)SC)C(F)(F)F. The van der Waals surface area contributed by atoms with E-state index in [1.54, 1.807) is 6.26 Å². The molecule has 0 aliphatic carbocycles. The Morgan fingerprint density at radius 3 is 2.14 bits per heavy atom. The molecule has 0 aliphatic heterocycles. The van der Waals surface area contributed by atoms with Crippen LogP contribution in [0.3, 0.4) is 0 Å². The van der Waals surface area contributed by atoms with Gasteiger partial charge in [-0.3, -0.25) is 4.99 Å². The average Bonchev–Trinajstić information content (AvgIpc) is 2.11. The van der Waals surface area contributed by atoms with Crippen LogP contribution in [-0.2, 0) is 0 Å². The number of amidine groups is 1. The van der Waals surface area contributed by atoms with Gasteiger partial charge in [-0.1, -0.05) is 18.3 Å². The Kier molecular flexibility index (Phi) is 4.90. The van der Waals surface area contributed by atoms with Crippen LogP contribution in [0.5, 0.6) is 0 Å². The normalized spacial score (nSPS) is 14.4. The molecule has 80 valence electrons. The summed E-state index contributed by atoms with van der Waals surface area (Å²) in [6, 6.07) is 0. The van der Waals surface area contributed by atoms with E-state index in [2.05, 4.69) is 16.6 Å². The van der Waals surface area contributed by atoms with E-state index in [4.69, 9.17) is 0 Å². The molecule has 0 aromatic rings. The summed E-state index contributed by atoms with van der Waals surface area (Å²) in [7, 11) is 1.47. The lowest BCUT2D eigenvalue weighted by Gasteiger charge is -2.09. The van der Waals surface area contributed by atoms with Crippen LogP contribution in [-0.4, -0.2) is 30.4 Å². The van der Waals surface area contributed by atoms with Gasteiger partial charge in [0.25, 0.3) is 0 Å². The molecular weight excluding hydrogens is 213 g/mol. The van der Waals surface area contributed by atoms with Crippen molar-refractivity contribution in [1.29, 1.82) is 0 Å². The van der Waals surface area contributed by atoms with Crippen molar-refractivity contribution in [3.63, 3.8) is 0 Å². The van der Waals surface area contributed by atoms with Gasteiger partial charge in [0.1, 0.15) is 0 Å². The molecule has 6 heteroatoms. The van der Waals surface area contributed by atoms with E-state index >= 15 is 0 Å². The molecule has 0 saturated heterocycles. The summed E-state index contributed by atoms with van der Waals surface area (Å²) in [6.45, 7) is 4.19. The second-order valence-electron chi connectivity index (χ2n) is 2.38. The van der Waals surface area contributed by atoms with Crippen LogP contribution < -0.4 is 0 Å². The van der Waals surface area contributed by atoms with E-state index in [9.17, 15) is 13.2 Å². The highest BCUT2D eigenvalue weighted by atomic mass is 32.2. The molecular formula is C8H11F3N2S. The molecule has 2 nitrogen and oxygen atoms in total. The third-order valence-corrected chi connectivity index (χ3v) is 2.06. The molecule has 0 aliphatic rings. The van der Waals surface area contributed by atoms with Crippen molar-refractivity contribution < 1.29 is 13.2 Å². The first-order valence-corrected chi connectivity index (χ1v) is 4.88. The van der Waals surface area contributed by atoms with Crippen LogP contribution in [0.2, 0.25) is 0 Å². The third kappa shape index (κ3) is 3.95. The Balaban J connectivity index is 4.79. The van der Waals surface area contributed by atoms with Crippen molar-refractivity contribution in [2.75, 3.05) is 13.3 Å². The molecule has 0 N–H and O–H groups in total. The number of hydrogen-bond acceptors (Lipinski definition) is 2. The molecule has 0 rings (SSSR count). The van der Waals surface area contributed by atoms with Gasteiger partial charge in [-0.15, -0.1) is 0 Å². The smallest absolute Gasteiger partial charge is 0.264 e. The zero-order valence-corrected chi connectivity index (χ0v) is 8.96. The van der Waals surface area contributed by atoms with Crippen molar-refractivity contribution in [2.24, 2.45) is 9.98 Å². The second-order valence-corrected chi connectivity index (χ2v) is 3.16. The number of thioether (sulfide) groups is 1. The summed E-state index contributed by atoms with van der Waals surface area (Å²) in [6.07, 6.45) is -2.74. The molecule has 0 saturated carbocycles. The molecule has 0 unspecified atom stereocenters. The van der Waals surface area contributed by atoms with Crippen molar-refractivity contribution in [3.05, 3.63) is 12.2 Å². The topological polar surface area (TPSA) is 24.7 Å². The van der Waals surface area contributed by atoms with E-state index < -0.39 is 11.7 Å². The monoisotopic (exact) mass is 224 g/mol. The van der Waals surface area contributed by atoms with E-state index in [0.29, 0.717) is 5.17 Å². The molecule has 0 spiro atoms. The fourth-order valence-corrected chi connectivity index (χ4v) is 1.01. The number of halogens is 3. The lowest BCUT2D eigenvalue weighted by molar-refractivity contribution is -0.0857. The fourth-order valence-electron chi connectivity index (χ4n) is 0.603. The number of aliphatic imine (C=N–C) groups is 2. The van der Waals surface area contributed by atoms with Gasteiger partial charge in [-0.2, -0.15) is 13.2 Å². The number of nitrogens with zero attached hydrogens (tertiary/aromatic N) is 2. The Morgan fingerprint density at radius 1 is 1.36 bits per heavy atom. The van der Waals surface area contributed by atoms with Crippen LogP contribution in [0.25, 0.3) is 0 Å². The predicted molar refractivity (Wildman–Crippen MR) is 55.2 cm³/mol. The van der Waals surface area contributed by atoms with Gasteiger partial charge in [0.2, 0.25) is 0 Å². The molecule has 0 aromatic carbocycles. The van der Waals surface area contributed by atoms with Gasteiger partial charge < -0.3 is 0 Å². The Morgan fingerprint density at radius 2 is 1.86 bits per heavy atom. The largest absolute Gasteiger partial charge is 0.417 e. The van der Waals surface area contributed by atoms with Gasteiger partial charge in [0.05, 0.1) is 11.3 Å². The number of allylic oxidation sites excluding steroid dienone is 1. The van der Waals surface area contributed by atoms with Crippen molar-refractivity contribution in [2.45, 2.75) is 13.1 Å². The number of alkyl halides is 3. The highest BCUT2D eigenvalue weighted by molar-refractivity contribution is 8.13. The Bertz CT molecular complexity index is 279. The third-order valence-electron chi connectivity index (χ3n) is 1.42. The molecule has 14 heavy (non-hydrogen) atoms. The molecule has 0 bridgehead atoms. The molecule has 0 fully saturated rings. The molecule has 0 amide bonds. The first kappa shape index (κ1) is 13.2. The standard InChI is InChI=1S/C8H11F3N2S/c1-5(8(9,10)11)6(2)13-7(12-3)14-4/h1H2,2-4H3. The minimum Gasteiger partial charge on any atom is -0.264 e. The van der Waals surface area contributed by atoms with Gasteiger partial charge in [-0.25, -0.2) is 4.99 Å². The second kappa shape index (κ2) is 5.19. The van der Waals surface area contributed by atoms with Crippen molar-refractivity contribution in [1.82, 2.24) is 0 Å². The number of rotatable bonds is 1. The summed E-state index contributed by atoms with van der Waals surface area (Å²) in [5.74, 6) is 0.